The van der Waals surface area contributed by atoms with E-state index in [0.717, 1.165) is 0 Å². The molecule has 0 saturated heterocycles. The smallest absolute Gasteiger partial charge is 0.308 e. The van der Waals surface area contributed by atoms with Crippen LogP contribution in [0.4, 0.5) is 0 Å². The zero-order chi connectivity index (χ0) is 12.7. The Labute approximate surface area is 96.4 Å². The van der Waals surface area contributed by atoms with Gasteiger partial charge in [-0.25, -0.2) is 0 Å². The third kappa shape index (κ3) is 4.61. The molecular formula is C11H22N2O3. The molecule has 4 N–H and O–H groups in total. The number of rotatable bonds is 7. The van der Waals surface area contributed by atoms with Crippen LogP contribution in [0.15, 0.2) is 0 Å². The Morgan fingerprint density at radius 2 is 1.94 bits per heavy atom. The van der Waals surface area contributed by atoms with Crippen LogP contribution in [-0.4, -0.2) is 30.1 Å². The normalized spacial score (nSPS) is 14.6. The van der Waals surface area contributed by atoms with Crippen molar-refractivity contribution in [2.24, 2.45) is 23.5 Å². The van der Waals surface area contributed by atoms with Crippen molar-refractivity contribution in [3.8, 4) is 0 Å². The maximum absolute atomic E-state index is 11.7. The van der Waals surface area contributed by atoms with Gasteiger partial charge in [0.05, 0.1) is 11.8 Å². The summed E-state index contributed by atoms with van der Waals surface area (Å²) in [7, 11) is 0. The van der Waals surface area contributed by atoms with Crippen molar-refractivity contribution in [2.75, 3.05) is 13.1 Å². The second kappa shape index (κ2) is 7.22. The van der Waals surface area contributed by atoms with E-state index in [1.807, 2.05) is 13.8 Å². The van der Waals surface area contributed by atoms with E-state index < -0.39 is 11.9 Å². The summed E-state index contributed by atoms with van der Waals surface area (Å²) in [6, 6.07) is 0. The Balaban J connectivity index is 4.19. The number of carboxylic acid groups (broad SMARTS) is 1. The number of aliphatic carboxylic acids is 1. The predicted molar refractivity (Wildman–Crippen MR) is 61.8 cm³/mol. The SMILES string of the molecule is CCC(CNC(=O)C(CN)C(C)C)C(=O)O. The summed E-state index contributed by atoms with van der Waals surface area (Å²) >= 11 is 0. The molecule has 0 radical (unpaired) electrons. The van der Waals surface area contributed by atoms with Crippen LogP contribution in [0.5, 0.6) is 0 Å². The lowest BCUT2D eigenvalue weighted by Crippen LogP contribution is -2.41. The predicted octanol–water partition coefficient (Wildman–Crippen LogP) is 0.444. The van der Waals surface area contributed by atoms with Crippen molar-refractivity contribution in [1.29, 1.82) is 0 Å². The van der Waals surface area contributed by atoms with Gasteiger partial charge in [-0.05, 0) is 12.3 Å². The summed E-state index contributed by atoms with van der Waals surface area (Å²) in [4.78, 5) is 22.4. The standard InChI is InChI=1S/C11H22N2O3/c1-4-8(11(15)16)6-13-10(14)9(5-12)7(2)3/h7-9H,4-6,12H2,1-3H3,(H,13,14)(H,15,16). The quantitative estimate of drug-likeness (QED) is 0.592. The Hall–Kier alpha value is -1.10. The van der Waals surface area contributed by atoms with Gasteiger partial charge in [-0.15, -0.1) is 0 Å². The summed E-state index contributed by atoms with van der Waals surface area (Å²) in [5.41, 5.74) is 5.50. The molecule has 0 rings (SSSR count). The summed E-state index contributed by atoms with van der Waals surface area (Å²) in [5, 5.41) is 11.5. The average molecular weight is 230 g/mol. The van der Waals surface area contributed by atoms with Gasteiger partial charge in [-0.2, -0.15) is 0 Å². The Bertz CT molecular complexity index is 241. The number of hydrogen-bond acceptors (Lipinski definition) is 3. The molecule has 0 aliphatic rings. The highest BCUT2D eigenvalue weighted by Gasteiger charge is 2.22. The first-order valence-corrected chi connectivity index (χ1v) is 5.64. The second-order valence-electron chi connectivity index (χ2n) is 4.27. The lowest BCUT2D eigenvalue weighted by molar-refractivity contribution is -0.141. The summed E-state index contributed by atoms with van der Waals surface area (Å²) < 4.78 is 0. The summed E-state index contributed by atoms with van der Waals surface area (Å²) in [5.74, 6) is -1.63. The van der Waals surface area contributed by atoms with Crippen LogP contribution in [0.3, 0.4) is 0 Å². The molecule has 0 fully saturated rings. The molecule has 0 aromatic heterocycles. The fourth-order valence-corrected chi connectivity index (χ4v) is 1.44. The van der Waals surface area contributed by atoms with E-state index in [1.165, 1.54) is 0 Å². The molecule has 2 unspecified atom stereocenters. The fourth-order valence-electron chi connectivity index (χ4n) is 1.44. The van der Waals surface area contributed by atoms with Crippen molar-refractivity contribution in [1.82, 2.24) is 5.32 Å². The van der Waals surface area contributed by atoms with Crippen LogP contribution < -0.4 is 11.1 Å². The van der Waals surface area contributed by atoms with Gasteiger partial charge in [0, 0.05) is 13.1 Å². The van der Waals surface area contributed by atoms with Gasteiger partial charge in [0.25, 0.3) is 0 Å². The number of nitrogens with one attached hydrogen (secondary N) is 1. The zero-order valence-corrected chi connectivity index (χ0v) is 10.2. The fraction of sp³-hybridized carbons (Fsp3) is 0.818. The molecule has 0 spiro atoms. The molecule has 1 amide bonds. The molecule has 0 aliphatic heterocycles. The van der Waals surface area contributed by atoms with E-state index in [1.54, 1.807) is 6.92 Å². The maximum atomic E-state index is 11.7. The van der Waals surface area contributed by atoms with E-state index in [4.69, 9.17) is 10.8 Å². The molecule has 16 heavy (non-hydrogen) atoms. The molecule has 0 aliphatic carbocycles. The molecule has 5 nitrogen and oxygen atoms in total. The highest BCUT2D eigenvalue weighted by atomic mass is 16.4. The molecule has 0 bridgehead atoms. The number of amides is 1. The van der Waals surface area contributed by atoms with Crippen LogP contribution in [-0.2, 0) is 9.59 Å². The monoisotopic (exact) mass is 230 g/mol. The molecule has 0 heterocycles. The number of hydrogen-bond donors (Lipinski definition) is 3. The third-order valence-corrected chi connectivity index (χ3v) is 2.76. The van der Waals surface area contributed by atoms with Crippen LogP contribution in [0.2, 0.25) is 0 Å². The minimum Gasteiger partial charge on any atom is -0.481 e. The molecule has 0 saturated carbocycles. The summed E-state index contributed by atoms with van der Waals surface area (Å²) in [6.45, 7) is 6.09. The van der Waals surface area contributed by atoms with Crippen molar-refractivity contribution in [3.05, 3.63) is 0 Å². The molecule has 0 aromatic rings. The van der Waals surface area contributed by atoms with Gasteiger partial charge < -0.3 is 16.2 Å². The first-order valence-electron chi connectivity index (χ1n) is 5.64. The molecular weight excluding hydrogens is 208 g/mol. The summed E-state index contributed by atoms with van der Waals surface area (Å²) in [6.07, 6.45) is 0.505. The largest absolute Gasteiger partial charge is 0.481 e. The second-order valence-corrected chi connectivity index (χ2v) is 4.27. The number of carboxylic acids is 1. The van der Waals surface area contributed by atoms with Crippen LogP contribution in [0, 0.1) is 17.8 Å². The molecule has 0 aromatic carbocycles. The first kappa shape index (κ1) is 14.9. The van der Waals surface area contributed by atoms with Crippen LogP contribution >= 0.6 is 0 Å². The lowest BCUT2D eigenvalue weighted by atomic mass is 9.95. The van der Waals surface area contributed by atoms with Crippen molar-refractivity contribution in [3.63, 3.8) is 0 Å². The van der Waals surface area contributed by atoms with Crippen molar-refractivity contribution < 1.29 is 14.7 Å². The van der Waals surface area contributed by atoms with E-state index in [-0.39, 0.29) is 30.8 Å². The molecule has 5 heteroatoms. The lowest BCUT2D eigenvalue weighted by Gasteiger charge is -2.19. The Morgan fingerprint density at radius 1 is 1.38 bits per heavy atom. The maximum Gasteiger partial charge on any atom is 0.308 e. The van der Waals surface area contributed by atoms with Gasteiger partial charge in [-0.3, -0.25) is 9.59 Å². The average Bonchev–Trinajstić information content (AvgIpc) is 2.18. The Kier molecular flexibility index (Phi) is 6.72. The van der Waals surface area contributed by atoms with E-state index in [0.29, 0.717) is 6.42 Å². The van der Waals surface area contributed by atoms with E-state index in [2.05, 4.69) is 5.32 Å². The Morgan fingerprint density at radius 3 is 2.25 bits per heavy atom. The van der Waals surface area contributed by atoms with E-state index >= 15 is 0 Å². The van der Waals surface area contributed by atoms with Gasteiger partial charge in [-0.1, -0.05) is 20.8 Å². The molecule has 94 valence electrons. The number of carbonyl (C=O) groups is 2. The number of nitrogens with two attached hydrogens (primary N) is 1. The van der Waals surface area contributed by atoms with Crippen molar-refractivity contribution >= 4 is 11.9 Å². The zero-order valence-electron chi connectivity index (χ0n) is 10.2. The van der Waals surface area contributed by atoms with E-state index in [9.17, 15) is 9.59 Å². The topological polar surface area (TPSA) is 92.4 Å². The molecule has 2 atom stereocenters. The highest BCUT2D eigenvalue weighted by Crippen LogP contribution is 2.09. The highest BCUT2D eigenvalue weighted by molar-refractivity contribution is 5.80. The van der Waals surface area contributed by atoms with Gasteiger partial charge in [0.1, 0.15) is 0 Å². The van der Waals surface area contributed by atoms with Gasteiger partial charge in [0.2, 0.25) is 5.91 Å². The van der Waals surface area contributed by atoms with Crippen molar-refractivity contribution in [2.45, 2.75) is 27.2 Å². The van der Waals surface area contributed by atoms with Crippen LogP contribution in [0.25, 0.3) is 0 Å². The first-order chi connectivity index (χ1) is 7.43. The van der Waals surface area contributed by atoms with Crippen LogP contribution in [0.1, 0.15) is 27.2 Å². The van der Waals surface area contributed by atoms with Gasteiger partial charge in [0.15, 0.2) is 0 Å². The van der Waals surface area contributed by atoms with Gasteiger partial charge >= 0.3 is 5.97 Å². The number of carbonyl (C=O) groups excluding carboxylic acids is 1. The minimum absolute atomic E-state index is 0.155. The minimum atomic E-state index is -0.878. The third-order valence-electron chi connectivity index (χ3n) is 2.76.